The lowest BCUT2D eigenvalue weighted by Gasteiger charge is -2.24. The second-order valence-corrected chi connectivity index (χ2v) is 9.98. The second-order valence-electron chi connectivity index (χ2n) is 8.24. The van der Waals surface area contributed by atoms with Crippen LogP contribution in [0.5, 0.6) is 0 Å². The standard InChI is InChI=1S/C21H27N5O4S/c1-5-22-31(29,30)18-9-15(17-10-19(23-13(3)27)24-25(17)4)8-16-11-26(21(28)20(16)18)12(2)14-6-7-14/h8-10,12,14,22H,5-7,11H2,1-4H3,(H,23,24,27)/t12-/m0/s1. The van der Waals surface area contributed by atoms with Crippen LogP contribution in [-0.2, 0) is 28.4 Å². The molecule has 0 bridgehead atoms. The van der Waals surface area contributed by atoms with Crippen molar-refractivity contribution in [2.75, 3.05) is 11.9 Å². The third-order valence-electron chi connectivity index (χ3n) is 5.90. The fraction of sp³-hybridized carbons (Fsp3) is 0.476. The van der Waals surface area contributed by atoms with E-state index in [0.717, 1.165) is 12.8 Å². The third-order valence-corrected chi connectivity index (χ3v) is 7.47. The van der Waals surface area contributed by atoms with E-state index in [0.29, 0.717) is 35.1 Å². The second kappa shape index (κ2) is 7.76. The van der Waals surface area contributed by atoms with E-state index in [9.17, 15) is 18.0 Å². The number of hydrogen-bond acceptors (Lipinski definition) is 5. The fourth-order valence-corrected chi connectivity index (χ4v) is 5.51. The number of sulfonamides is 1. The average Bonchev–Trinajstić information content (AvgIpc) is 3.40. The lowest BCUT2D eigenvalue weighted by molar-refractivity contribution is -0.114. The quantitative estimate of drug-likeness (QED) is 0.678. The lowest BCUT2D eigenvalue weighted by atomic mass is 10.0. The van der Waals surface area contributed by atoms with Crippen LogP contribution >= 0.6 is 0 Å². The van der Waals surface area contributed by atoms with E-state index in [1.165, 1.54) is 13.0 Å². The zero-order chi connectivity index (χ0) is 22.5. The maximum absolute atomic E-state index is 13.3. The van der Waals surface area contributed by atoms with Crippen LogP contribution < -0.4 is 10.0 Å². The van der Waals surface area contributed by atoms with E-state index in [1.807, 2.05) is 13.0 Å². The SMILES string of the molecule is CCNS(=O)(=O)c1cc(-c2cc(NC(C)=O)nn2C)cc2c1C(=O)N([C@@H](C)C1CC1)C2. The first kappa shape index (κ1) is 21.5. The molecule has 1 aliphatic carbocycles. The van der Waals surface area contributed by atoms with Gasteiger partial charge in [0.05, 0.1) is 16.2 Å². The summed E-state index contributed by atoms with van der Waals surface area (Å²) in [6.07, 6.45) is 2.19. The van der Waals surface area contributed by atoms with Crippen molar-refractivity contribution in [3.05, 3.63) is 29.3 Å². The number of nitrogens with one attached hydrogen (secondary N) is 2. The number of anilines is 1. The van der Waals surface area contributed by atoms with Crippen molar-refractivity contribution in [1.29, 1.82) is 0 Å². The molecule has 0 radical (unpaired) electrons. The molecule has 1 fully saturated rings. The Morgan fingerprint density at radius 3 is 2.61 bits per heavy atom. The van der Waals surface area contributed by atoms with Gasteiger partial charge in [0.15, 0.2) is 5.82 Å². The number of carbonyl (C=O) groups excluding carboxylic acids is 2. The van der Waals surface area contributed by atoms with Gasteiger partial charge in [-0.2, -0.15) is 5.10 Å². The number of rotatable bonds is 7. The summed E-state index contributed by atoms with van der Waals surface area (Å²) in [5.74, 6) is 0.371. The molecule has 2 amide bonds. The lowest BCUT2D eigenvalue weighted by Crippen LogP contribution is -2.35. The summed E-state index contributed by atoms with van der Waals surface area (Å²) in [5, 5.41) is 6.92. The minimum Gasteiger partial charge on any atom is -0.331 e. The summed E-state index contributed by atoms with van der Waals surface area (Å²) in [6.45, 7) is 5.72. The molecular weight excluding hydrogens is 418 g/mol. The van der Waals surface area contributed by atoms with Gasteiger partial charge in [0.1, 0.15) is 0 Å². The largest absolute Gasteiger partial charge is 0.331 e. The van der Waals surface area contributed by atoms with Crippen LogP contribution in [0.1, 0.15) is 49.5 Å². The van der Waals surface area contributed by atoms with E-state index in [-0.39, 0.29) is 34.9 Å². The summed E-state index contributed by atoms with van der Waals surface area (Å²) in [5.41, 5.74) is 2.20. The van der Waals surface area contributed by atoms with E-state index >= 15 is 0 Å². The minimum absolute atomic E-state index is 0.0142. The molecule has 10 heteroatoms. The molecule has 31 heavy (non-hydrogen) atoms. The Labute approximate surface area is 181 Å². The highest BCUT2D eigenvalue weighted by molar-refractivity contribution is 7.89. The van der Waals surface area contributed by atoms with Crippen LogP contribution in [-0.4, -0.2) is 47.5 Å². The molecule has 166 valence electrons. The van der Waals surface area contributed by atoms with Gasteiger partial charge in [-0.1, -0.05) is 6.92 Å². The van der Waals surface area contributed by atoms with Crippen molar-refractivity contribution in [2.45, 2.75) is 51.1 Å². The summed E-state index contributed by atoms with van der Waals surface area (Å²) >= 11 is 0. The van der Waals surface area contributed by atoms with Crippen LogP contribution in [0.15, 0.2) is 23.1 Å². The highest BCUT2D eigenvalue weighted by atomic mass is 32.2. The summed E-state index contributed by atoms with van der Waals surface area (Å²) in [4.78, 5) is 26.4. The van der Waals surface area contributed by atoms with Gasteiger partial charge in [0, 0.05) is 44.7 Å². The molecule has 2 aromatic rings. The number of fused-ring (bicyclic) bond motifs is 1. The van der Waals surface area contributed by atoms with Crippen molar-refractivity contribution in [3.8, 4) is 11.3 Å². The zero-order valence-corrected chi connectivity index (χ0v) is 18.9. The zero-order valence-electron chi connectivity index (χ0n) is 18.1. The van der Waals surface area contributed by atoms with Gasteiger partial charge in [-0.3, -0.25) is 14.3 Å². The topological polar surface area (TPSA) is 113 Å². The Morgan fingerprint density at radius 2 is 2.00 bits per heavy atom. The Morgan fingerprint density at radius 1 is 1.29 bits per heavy atom. The maximum atomic E-state index is 13.3. The molecule has 4 rings (SSSR count). The molecule has 2 heterocycles. The number of carbonyl (C=O) groups is 2. The number of benzene rings is 1. The molecule has 0 unspecified atom stereocenters. The highest BCUT2D eigenvalue weighted by Gasteiger charge is 2.41. The molecule has 0 spiro atoms. The molecule has 2 aliphatic rings. The molecule has 2 N–H and O–H groups in total. The first-order valence-electron chi connectivity index (χ1n) is 10.4. The fourth-order valence-electron chi connectivity index (χ4n) is 4.21. The van der Waals surface area contributed by atoms with Crippen molar-refractivity contribution in [1.82, 2.24) is 19.4 Å². The Bertz CT molecular complexity index is 1170. The van der Waals surface area contributed by atoms with Crippen LogP contribution in [0.3, 0.4) is 0 Å². The van der Waals surface area contributed by atoms with Crippen LogP contribution in [0.2, 0.25) is 0 Å². The predicted octanol–water partition coefficient (Wildman–Crippen LogP) is 2.10. The Kier molecular flexibility index (Phi) is 5.38. The molecule has 1 aromatic heterocycles. The van der Waals surface area contributed by atoms with Crippen molar-refractivity contribution in [3.63, 3.8) is 0 Å². The summed E-state index contributed by atoms with van der Waals surface area (Å²) in [7, 11) is -2.15. The van der Waals surface area contributed by atoms with Crippen molar-refractivity contribution < 1.29 is 18.0 Å². The Hall–Kier alpha value is -2.72. The molecular formula is C21H27N5O4S. The van der Waals surface area contributed by atoms with Crippen LogP contribution in [0.4, 0.5) is 5.82 Å². The van der Waals surface area contributed by atoms with Gasteiger partial charge in [0.2, 0.25) is 15.9 Å². The molecule has 1 atom stereocenters. The van der Waals surface area contributed by atoms with Gasteiger partial charge in [0.25, 0.3) is 5.91 Å². The van der Waals surface area contributed by atoms with Crippen molar-refractivity contribution >= 4 is 27.7 Å². The predicted molar refractivity (Wildman–Crippen MR) is 116 cm³/mol. The molecule has 0 saturated heterocycles. The van der Waals surface area contributed by atoms with Gasteiger partial charge in [-0.15, -0.1) is 0 Å². The molecule has 1 aliphatic heterocycles. The Balaban J connectivity index is 1.84. The number of nitrogens with zero attached hydrogens (tertiary/aromatic N) is 3. The first-order valence-corrected chi connectivity index (χ1v) is 11.9. The van der Waals surface area contributed by atoms with Crippen LogP contribution in [0.25, 0.3) is 11.3 Å². The number of aryl methyl sites for hydroxylation is 1. The number of hydrogen-bond donors (Lipinski definition) is 2. The molecule has 1 aromatic carbocycles. The van der Waals surface area contributed by atoms with E-state index in [2.05, 4.69) is 15.1 Å². The van der Waals surface area contributed by atoms with Gasteiger partial charge < -0.3 is 10.2 Å². The van der Waals surface area contributed by atoms with E-state index in [4.69, 9.17) is 0 Å². The van der Waals surface area contributed by atoms with E-state index in [1.54, 1.807) is 29.6 Å². The van der Waals surface area contributed by atoms with Gasteiger partial charge in [-0.05, 0) is 43.4 Å². The maximum Gasteiger partial charge on any atom is 0.256 e. The van der Waals surface area contributed by atoms with Gasteiger partial charge in [-0.25, -0.2) is 13.1 Å². The number of aromatic nitrogens is 2. The van der Waals surface area contributed by atoms with Crippen LogP contribution in [0, 0.1) is 5.92 Å². The first-order chi connectivity index (χ1) is 14.6. The molecule has 9 nitrogen and oxygen atoms in total. The third kappa shape index (κ3) is 3.97. The van der Waals surface area contributed by atoms with Gasteiger partial charge >= 0.3 is 0 Å². The van der Waals surface area contributed by atoms with Crippen molar-refractivity contribution in [2.24, 2.45) is 13.0 Å². The van der Waals surface area contributed by atoms with E-state index < -0.39 is 10.0 Å². The number of amides is 2. The average molecular weight is 446 g/mol. The minimum atomic E-state index is -3.87. The monoisotopic (exact) mass is 445 g/mol. The normalized spacial score (nSPS) is 17.0. The highest BCUT2D eigenvalue weighted by Crippen LogP contribution is 2.40. The summed E-state index contributed by atoms with van der Waals surface area (Å²) in [6, 6.07) is 5.14. The smallest absolute Gasteiger partial charge is 0.256 e. The molecule has 1 saturated carbocycles. The summed E-state index contributed by atoms with van der Waals surface area (Å²) < 4.78 is 30.1.